The molecule has 0 fully saturated rings. The first-order valence-corrected chi connectivity index (χ1v) is 6.59. The van der Waals surface area contributed by atoms with E-state index in [1.165, 1.54) is 12.1 Å². The average Bonchev–Trinajstić information content (AvgIpc) is 2.43. The largest absolute Gasteiger partial charge is 0.494 e. The van der Waals surface area contributed by atoms with E-state index in [2.05, 4.69) is 0 Å². The Morgan fingerprint density at radius 1 is 1.00 bits per heavy atom. The maximum Gasteiger partial charge on any atom is 0.416 e. The molecule has 0 amide bonds. The normalized spacial score (nSPS) is 11.4. The molecule has 2 aromatic rings. The van der Waals surface area contributed by atoms with Crippen LogP contribution in [0.3, 0.4) is 0 Å². The topological polar surface area (TPSA) is 35.2 Å². The summed E-state index contributed by atoms with van der Waals surface area (Å²) in [7, 11) is 0. The third kappa shape index (κ3) is 4.70. The number of hydrogen-bond donors (Lipinski definition) is 1. The van der Waals surface area contributed by atoms with E-state index in [9.17, 15) is 13.2 Å². The molecule has 2 N–H and O–H groups in total. The predicted molar refractivity (Wildman–Crippen MR) is 76.1 cm³/mol. The van der Waals surface area contributed by atoms with Crippen LogP contribution in [0, 0.1) is 0 Å². The molecule has 0 saturated carbocycles. The van der Waals surface area contributed by atoms with Crippen LogP contribution in [-0.4, -0.2) is 6.61 Å². The summed E-state index contributed by atoms with van der Waals surface area (Å²) in [5, 5.41) is 0. The molecule has 5 heteroatoms. The number of alkyl halides is 3. The van der Waals surface area contributed by atoms with Gasteiger partial charge in [-0.25, -0.2) is 0 Å². The van der Waals surface area contributed by atoms with Gasteiger partial charge in [0, 0.05) is 5.69 Å². The van der Waals surface area contributed by atoms with Gasteiger partial charge in [-0.2, -0.15) is 13.2 Å². The molecule has 112 valence electrons. The number of hydrogen-bond acceptors (Lipinski definition) is 2. The molecular weight excluding hydrogens is 279 g/mol. The fraction of sp³-hybridized carbons (Fsp3) is 0.250. The summed E-state index contributed by atoms with van der Waals surface area (Å²) in [6.07, 6.45) is -2.73. The smallest absolute Gasteiger partial charge is 0.416 e. The van der Waals surface area contributed by atoms with E-state index in [0.717, 1.165) is 36.2 Å². The maximum absolute atomic E-state index is 12.4. The molecule has 0 heterocycles. The first kappa shape index (κ1) is 15.2. The molecule has 2 nitrogen and oxygen atoms in total. The van der Waals surface area contributed by atoms with Gasteiger partial charge in [-0.15, -0.1) is 0 Å². The van der Waals surface area contributed by atoms with E-state index in [0.29, 0.717) is 12.4 Å². The summed E-state index contributed by atoms with van der Waals surface area (Å²) < 4.78 is 42.6. The fourth-order valence-corrected chi connectivity index (χ4v) is 1.96. The van der Waals surface area contributed by atoms with Crippen LogP contribution in [0.25, 0.3) is 0 Å². The summed E-state index contributed by atoms with van der Waals surface area (Å²) in [6, 6.07) is 12.3. The molecule has 0 radical (unpaired) electrons. The zero-order chi connectivity index (χ0) is 15.3. The SMILES string of the molecule is Nc1cccc(CCCOc2ccc(C(F)(F)F)cc2)c1. The molecule has 0 spiro atoms. The third-order valence-electron chi connectivity index (χ3n) is 3.01. The van der Waals surface area contributed by atoms with Crippen LogP contribution in [-0.2, 0) is 12.6 Å². The molecule has 2 aromatic carbocycles. The zero-order valence-corrected chi connectivity index (χ0v) is 11.4. The Hall–Kier alpha value is -2.17. The molecule has 0 aromatic heterocycles. The van der Waals surface area contributed by atoms with Gasteiger partial charge in [0.1, 0.15) is 5.75 Å². The zero-order valence-electron chi connectivity index (χ0n) is 11.4. The number of aryl methyl sites for hydroxylation is 1. The van der Waals surface area contributed by atoms with Gasteiger partial charge >= 0.3 is 6.18 Å². The molecule has 0 aliphatic heterocycles. The molecule has 0 aliphatic carbocycles. The van der Waals surface area contributed by atoms with Crippen molar-refractivity contribution in [2.24, 2.45) is 0 Å². The number of nitrogen functional groups attached to an aromatic ring is 1. The molecule has 2 rings (SSSR count). The van der Waals surface area contributed by atoms with Gasteiger partial charge in [0.15, 0.2) is 0 Å². The summed E-state index contributed by atoms with van der Waals surface area (Å²) in [5.74, 6) is 0.440. The average molecular weight is 295 g/mol. The summed E-state index contributed by atoms with van der Waals surface area (Å²) >= 11 is 0. The first-order chi connectivity index (χ1) is 9.95. The van der Waals surface area contributed by atoms with Crippen LogP contribution >= 0.6 is 0 Å². The van der Waals surface area contributed by atoms with Crippen molar-refractivity contribution in [3.63, 3.8) is 0 Å². The van der Waals surface area contributed by atoms with E-state index in [4.69, 9.17) is 10.5 Å². The second-order valence-corrected chi connectivity index (χ2v) is 4.72. The minimum atomic E-state index is -4.31. The number of benzene rings is 2. The monoisotopic (exact) mass is 295 g/mol. The van der Waals surface area contributed by atoms with Gasteiger partial charge in [0.2, 0.25) is 0 Å². The van der Waals surface area contributed by atoms with E-state index in [1.54, 1.807) is 0 Å². The molecular formula is C16H16F3NO. The lowest BCUT2D eigenvalue weighted by molar-refractivity contribution is -0.137. The lowest BCUT2D eigenvalue weighted by Crippen LogP contribution is -2.05. The van der Waals surface area contributed by atoms with Crippen molar-refractivity contribution in [3.8, 4) is 5.75 Å². The predicted octanol–water partition coefficient (Wildman–Crippen LogP) is 4.30. The number of halogens is 3. The van der Waals surface area contributed by atoms with Crippen LogP contribution in [0.1, 0.15) is 17.5 Å². The van der Waals surface area contributed by atoms with Gasteiger partial charge < -0.3 is 10.5 Å². The van der Waals surface area contributed by atoms with Gasteiger partial charge in [-0.1, -0.05) is 12.1 Å². The van der Waals surface area contributed by atoms with Crippen LogP contribution in [0.15, 0.2) is 48.5 Å². The lowest BCUT2D eigenvalue weighted by atomic mass is 10.1. The number of rotatable bonds is 5. The lowest BCUT2D eigenvalue weighted by Gasteiger charge is -2.09. The molecule has 0 saturated heterocycles. The Balaban J connectivity index is 1.79. The second-order valence-electron chi connectivity index (χ2n) is 4.72. The van der Waals surface area contributed by atoms with Gasteiger partial charge in [0.25, 0.3) is 0 Å². The first-order valence-electron chi connectivity index (χ1n) is 6.59. The van der Waals surface area contributed by atoms with Crippen molar-refractivity contribution in [2.45, 2.75) is 19.0 Å². The van der Waals surface area contributed by atoms with E-state index in [-0.39, 0.29) is 0 Å². The van der Waals surface area contributed by atoms with Crippen molar-refractivity contribution >= 4 is 5.69 Å². The standard InChI is InChI=1S/C16H16F3NO/c17-16(18,19)13-6-8-15(9-7-13)21-10-2-4-12-3-1-5-14(20)11-12/h1,3,5-9,11H,2,4,10,20H2. The van der Waals surface area contributed by atoms with Crippen LogP contribution in [0.4, 0.5) is 18.9 Å². The van der Waals surface area contributed by atoms with E-state index in [1.807, 2.05) is 24.3 Å². The molecule has 0 atom stereocenters. The quantitative estimate of drug-likeness (QED) is 0.659. The highest BCUT2D eigenvalue weighted by Gasteiger charge is 2.29. The minimum Gasteiger partial charge on any atom is -0.494 e. The molecule has 0 unspecified atom stereocenters. The van der Waals surface area contributed by atoms with Gasteiger partial charge in [-0.05, 0) is 54.8 Å². The summed E-state index contributed by atoms with van der Waals surface area (Å²) in [6.45, 7) is 0.445. The molecule has 21 heavy (non-hydrogen) atoms. The van der Waals surface area contributed by atoms with Gasteiger partial charge in [-0.3, -0.25) is 0 Å². The molecule has 0 aliphatic rings. The maximum atomic E-state index is 12.4. The molecule has 0 bridgehead atoms. The highest BCUT2D eigenvalue weighted by atomic mass is 19.4. The Kier molecular flexibility index (Phi) is 4.73. The summed E-state index contributed by atoms with van der Waals surface area (Å²) in [5.41, 5.74) is 6.84. The van der Waals surface area contributed by atoms with Gasteiger partial charge in [0.05, 0.1) is 12.2 Å². The Labute approximate surface area is 121 Å². The fourth-order valence-electron chi connectivity index (χ4n) is 1.96. The van der Waals surface area contributed by atoms with E-state index < -0.39 is 11.7 Å². The van der Waals surface area contributed by atoms with Crippen LogP contribution in [0.2, 0.25) is 0 Å². The number of nitrogens with two attached hydrogens (primary N) is 1. The van der Waals surface area contributed by atoms with Crippen molar-refractivity contribution in [1.82, 2.24) is 0 Å². The van der Waals surface area contributed by atoms with Crippen LogP contribution in [0.5, 0.6) is 5.75 Å². The Morgan fingerprint density at radius 3 is 2.33 bits per heavy atom. The highest BCUT2D eigenvalue weighted by Crippen LogP contribution is 2.30. The van der Waals surface area contributed by atoms with Crippen molar-refractivity contribution in [1.29, 1.82) is 0 Å². The van der Waals surface area contributed by atoms with Crippen LogP contribution < -0.4 is 10.5 Å². The Bertz CT molecular complexity index is 579. The van der Waals surface area contributed by atoms with Crippen molar-refractivity contribution in [2.75, 3.05) is 12.3 Å². The van der Waals surface area contributed by atoms with Crippen molar-refractivity contribution in [3.05, 3.63) is 59.7 Å². The summed E-state index contributed by atoms with van der Waals surface area (Å²) in [4.78, 5) is 0. The van der Waals surface area contributed by atoms with Crippen molar-refractivity contribution < 1.29 is 17.9 Å². The van der Waals surface area contributed by atoms with E-state index >= 15 is 0 Å². The minimum absolute atomic E-state index is 0.440. The second kappa shape index (κ2) is 6.52. The number of anilines is 1. The number of ether oxygens (including phenoxy) is 1. The third-order valence-corrected chi connectivity index (χ3v) is 3.01. The Morgan fingerprint density at radius 2 is 1.71 bits per heavy atom. The highest BCUT2D eigenvalue weighted by molar-refractivity contribution is 5.40.